The van der Waals surface area contributed by atoms with Gasteiger partial charge in [0, 0.05) is 12.6 Å². The van der Waals surface area contributed by atoms with Gasteiger partial charge in [-0.2, -0.15) is 0 Å². The van der Waals surface area contributed by atoms with Crippen LogP contribution in [-0.4, -0.2) is 6.61 Å². The molecule has 0 aliphatic carbocycles. The third-order valence-corrected chi connectivity index (χ3v) is 1.49. The van der Waals surface area contributed by atoms with Crippen LogP contribution in [0.2, 0.25) is 0 Å². The highest BCUT2D eigenvalue weighted by Crippen LogP contribution is 2.15. The molecule has 0 saturated carbocycles. The fraction of sp³-hybridized carbons (Fsp3) is 0.200. The van der Waals surface area contributed by atoms with Crippen molar-refractivity contribution in [2.24, 2.45) is 5.73 Å². The minimum absolute atomic E-state index is 0.132. The Kier molecular flexibility index (Phi) is 3.30. The molecule has 0 amide bonds. The van der Waals surface area contributed by atoms with Crippen LogP contribution < -0.4 is 10.5 Å². The summed E-state index contributed by atoms with van der Waals surface area (Å²) in [5, 5.41) is 0. The Balaban J connectivity index is 2.83. The molecule has 0 spiro atoms. The number of benzene rings is 1. The maximum atomic E-state index is 12.9. The van der Waals surface area contributed by atoms with E-state index >= 15 is 0 Å². The van der Waals surface area contributed by atoms with E-state index in [2.05, 4.69) is 5.92 Å². The van der Waals surface area contributed by atoms with E-state index in [9.17, 15) is 4.39 Å². The summed E-state index contributed by atoms with van der Waals surface area (Å²) in [4.78, 5) is 0. The van der Waals surface area contributed by atoms with Gasteiger partial charge in [0.2, 0.25) is 0 Å². The lowest BCUT2D eigenvalue weighted by molar-refractivity contribution is 0.367. The normalized spacial score (nSPS) is 9.31. The van der Waals surface area contributed by atoms with Crippen molar-refractivity contribution in [1.82, 2.24) is 0 Å². The number of ether oxygens (including phenoxy) is 1. The summed E-state index contributed by atoms with van der Waals surface area (Å²) in [6.45, 7) is 0.414. The number of halogens is 1. The second-order valence-corrected chi connectivity index (χ2v) is 2.49. The Bertz CT molecular complexity index is 330. The van der Waals surface area contributed by atoms with E-state index < -0.39 is 0 Å². The molecule has 0 aliphatic heterocycles. The minimum atomic E-state index is -0.366. The fourth-order valence-corrected chi connectivity index (χ4v) is 0.947. The number of terminal acetylenes is 1. The Labute approximate surface area is 76.5 Å². The first kappa shape index (κ1) is 9.56. The zero-order valence-electron chi connectivity index (χ0n) is 7.09. The van der Waals surface area contributed by atoms with Crippen LogP contribution in [0.25, 0.3) is 0 Å². The fourth-order valence-electron chi connectivity index (χ4n) is 0.947. The minimum Gasteiger partial charge on any atom is -0.481 e. The van der Waals surface area contributed by atoms with E-state index in [1.54, 1.807) is 6.07 Å². The average molecular weight is 179 g/mol. The molecule has 3 heteroatoms. The van der Waals surface area contributed by atoms with E-state index in [-0.39, 0.29) is 19.0 Å². The van der Waals surface area contributed by atoms with Crippen LogP contribution in [0.1, 0.15) is 5.56 Å². The first-order valence-corrected chi connectivity index (χ1v) is 3.82. The molecule has 0 fully saturated rings. The summed E-state index contributed by atoms with van der Waals surface area (Å²) in [5.41, 5.74) is 6.04. The third kappa shape index (κ3) is 2.77. The van der Waals surface area contributed by atoms with E-state index in [4.69, 9.17) is 16.9 Å². The average Bonchev–Trinajstić information content (AvgIpc) is 2.14. The van der Waals surface area contributed by atoms with Crippen molar-refractivity contribution in [3.63, 3.8) is 0 Å². The van der Waals surface area contributed by atoms with Crippen LogP contribution >= 0.6 is 0 Å². The van der Waals surface area contributed by atoms with Gasteiger partial charge in [0.15, 0.2) is 0 Å². The number of rotatable bonds is 3. The van der Waals surface area contributed by atoms with Crippen LogP contribution in [0.4, 0.5) is 4.39 Å². The van der Waals surface area contributed by atoms with E-state index in [0.29, 0.717) is 11.3 Å². The Morgan fingerprint density at radius 1 is 1.46 bits per heavy atom. The lowest BCUT2D eigenvalue weighted by Crippen LogP contribution is -1.99. The molecule has 0 radical (unpaired) electrons. The van der Waals surface area contributed by atoms with Crippen LogP contribution in [0.15, 0.2) is 18.2 Å². The first-order valence-electron chi connectivity index (χ1n) is 3.82. The molecule has 0 aromatic heterocycles. The Morgan fingerprint density at radius 3 is 2.85 bits per heavy atom. The molecule has 68 valence electrons. The SMILES string of the molecule is C#CCOc1cc(F)cc(CN)c1. The monoisotopic (exact) mass is 179 g/mol. The van der Waals surface area contributed by atoms with E-state index in [0.717, 1.165) is 0 Å². The molecular formula is C10H10FNO. The van der Waals surface area contributed by atoms with Gasteiger partial charge in [-0.1, -0.05) is 5.92 Å². The summed E-state index contributed by atoms with van der Waals surface area (Å²) in [6, 6.07) is 4.31. The van der Waals surface area contributed by atoms with Crippen molar-refractivity contribution in [1.29, 1.82) is 0 Å². The lowest BCUT2D eigenvalue weighted by atomic mass is 10.2. The van der Waals surface area contributed by atoms with Gasteiger partial charge in [0.05, 0.1) is 0 Å². The van der Waals surface area contributed by atoms with Gasteiger partial charge in [-0.3, -0.25) is 0 Å². The van der Waals surface area contributed by atoms with Gasteiger partial charge in [0.25, 0.3) is 0 Å². The van der Waals surface area contributed by atoms with Gasteiger partial charge >= 0.3 is 0 Å². The predicted molar refractivity (Wildman–Crippen MR) is 48.6 cm³/mol. The molecule has 1 rings (SSSR count). The van der Waals surface area contributed by atoms with Crippen molar-refractivity contribution in [3.05, 3.63) is 29.6 Å². The molecule has 0 heterocycles. The molecule has 0 aliphatic rings. The van der Waals surface area contributed by atoms with E-state index in [1.807, 2.05) is 0 Å². The highest BCUT2D eigenvalue weighted by molar-refractivity contribution is 5.29. The molecule has 1 aromatic rings. The van der Waals surface area contributed by atoms with Crippen molar-refractivity contribution < 1.29 is 9.13 Å². The summed E-state index contributed by atoms with van der Waals surface area (Å²) in [5.74, 6) is 2.35. The second-order valence-electron chi connectivity index (χ2n) is 2.49. The smallest absolute Gasteiger partial charge is 0.148 e. The first-order chi connectivity index (χ1) is 6.26. The summed E-state index contributed by atoms with van der Waals surface area (Å²) in [6.07, 6.45) is 4.99. The summed E-state index contributed by atoms with van der Waals surface area (Å²) in [7, 11) is 0. The standard InChI is InChI=1S/C10H10FNO/c1-2-3-13-10-5-8(7-12)4-9(11)6-10/h1,4-6H,3,7,12H2. The lowest BCUT2D eigenvalue weighted by Gasteiger charge is -2.04. The largest absolute Gasteiger partial charge is 0.481 e. The van der Waals surface area contributed by atoms with Crippen LogP contribution in [0.3, 0.4) is 0 Å². The molecule has 0 saturated heterocycles. The number of hydrogen-bond acceptors (Lipinski definition) is 2. The van der Waals surface area contributed by atoms with Gasteiger partial charge in [-0.05, 0) is 17.7 Å². The van der Waals surface area contributed by atoms with Crippen molar-refractivity contribution in [2.75, 3.05) is 6.61 Å². The van der Waals surface area contributed by atoms with Crippen molar-refractivity contribution in [2.45, 2.75) is 6.54 Å². The van der Waals surface area contributed by atoms with Gasteiger partial charge in [0.1, 0.15) is 18.2 Å². The predicted octanol–water partition coefficient (Wildman–Crippen LogP) is 1.30. The Morgan fingerprint density at radius 2 is 2.23 bits per heavy atom. The maximum absolute atomic E-state index is 12.9. The third-order valence-electron chi connectivity index (χ3n) is 1.49. The zero-order chi connectivity index (χ0) is 9.68. The molecule has 0 bridgehead atoms. The van der Waals surface area contributed by atoms with Gasteiger partial charge < -0.3 is 10.5 Å². The topological polar surface area (TPSA) is 35.2 Å². The van der Waals surface area contributed by atoms with Gasteiger partial charge in [-0.15, -0.1) is 6.42 Å². The molecule has 0 atom stereocenters. The molecule has 13 heavy (non-hydrogen) atoms. The zero-order valence-corrected chi connectivity index (χ0v) is 7.09. The van der Waals surface area contributed by atoms with Crippen LogP contribution in [-0.2, 0) is 6.54 Å². The highest BCUT2D eigenvalue weighted by Gasteiger charge is 1.99. The second kappa shape index (κ2) is 4.48. The molecule has 1 aromatic carbocycles. The summed E-state index contributed by atoms with van der Waals surface area (Å²) < 4.78 is 17.9. The number of nitrogens with two attached hydrogens (primary N) is 1. The number of hydrogen-bond donors (Lipinski definition) is 1. The molecular weight excluding hydrogens is 169 g/mol. The van der Waals surface area contributed by atoms with Crippen LogP contribution in [0.5, 0.6) is 5.75 Å². The molecule has 2 nitrogen and oxygen atoms in total. The highest BCUT2D eigenvalue weighted by atomic mass is 19.1. The Hall–Kier alpha value is -1.53. The molecule has 0 unspecified atom stereocenters. The molecule has 2 N–H and O–H groups in total. The maximum Gasteiger partial charge on any atom is 0.148 e. The van der Waals surface area contributed by atoms with E-state index in [1.165, 1.54) is 12.1 Å². The van der Waals surface area contributed by atoms with Crippen molar-refractivity contribution in [3.8, 4) is 18.1 Å². The van der Waals surface area contributed by atoms with Gasteiger partial charge in [-0.25, -0.2) is 4.39 Å². The quantitative estimate of drug-likeness (QED) is 0.710. The van der Waals surface area contributed by atoms with Crippen LogP contribution in [0, 0.1) is 18.2 Å². The summed E-state index contributed by atoms with van der Waals surface area (Å²) >= 11 is 0. The van der Waals surface area contributed by atoms with Crippen molar-refractivity contribution >= 4 is 0 Å².